The summed E-state index contributed by atoms with van der Waals surface area (Å²) in [6.07, 6.45) is 2.00. The third-order valence-corrected chi connectivity index (χ3v) is 4.09. The van der Waals surface area contributed by atoms with E-state index in [2.05, 4.69) is 19.0 Å². The number of aryl methyl sites for hydroxylation is 1. The molecule has 0 unspecified atom stereocenters. The Morgan fingerprint density at radius 3 is 2.58 bits per heavy atom. The molecule has 2 aromatic rings. The number of rotatable bonds is 8. The highest BCUT2D eigenvalue weighted by Crippen LogP contribution is 2.30. The van der Waals surface area contributed by atoms with Crippen molar-refractivity contribution in [1.82, 2.24) is 4.90 Å². The lowest BCUT2D eigenvalue weighted by atomic mass is 10.1. The van der Waals surface area contributed by atoms with Gasteiger partial charge in [-0.2, -0.15) is 0 Å². The first-order chi connectivity index (χ1) is 11.5. The van der Waals surface area contributed by atoms with Crippen molar-refractivity contribution in [3.63, 3.8) is 0 Å². The highest BCUT2D eigenvalue weighted by Gasteiger charge is 2.11. The summed E-state index contributed by atoms with van der Waals surface area (Å²) in [6, 6.07) is 10.5. The zero-order valence-corrected chi connectivity index (χ0v) is 15.1. The van der Waals surface area contributed by atoms with Crippen LogP contribution < -0.4 is 9.47 Å². The van der Waals surface area contributed by atoms with Gasteiger partial charge in [-0.05, 0) is 63.3 Å². The summed E-state index contributed by atoms with van der Waals surface area (Å²) < 4.78 is 25.0. The topological polar surface area (TPSA) is 21.7 Å². The quantitative estimate of drug-likeness (QED) is 0.695. The molecule has 0 aromatic heterocycles. The van der Waals surface area contributed by atoms with Crippen molar-refractivity contribution < 1.29 is 13.9 Å². The number of benzene rings is 2. The van der Waals surface area contributed by atoms with Gasteiger partial charge in [0.25, 0.3) is 0 Å². The molecule has 130 valence electrons. The zero-order valence-electron chi connectivity index (χ0n) is 14.3. The zero-order chi connectivity index (χ0) is 17.5. The van der Waals surface area contributed by atoms with E-state index in [0.29, 0.717) is 22.1 Å². The minimum Gasteiger partial charge on any atom is -0.493 e. The van der Waals surface area contributed by atoms with Gasteiger partial charge < -0.3 is 14.4 Å². The first-order valence-corrected chi connectivity index (χ1v) is 8.26. The van der Waals surface area contributed by atoms with Crippen LogP contribution in [-0.4, -0.2) is 32.6 Å². The summed E-state index contributed by atoms with van der Waals surface area (Å²) >= 11 is 6.04. The average Bonchev–Trinajstić information content (AvgIpc) is 2.54. The van der Waals surface area contributed by atoms with E-state index >= 15 is 0 Å². The summed E-state index contributed by atoms with van der Waals surface area (Å²) in [7, 11) is 5.70. The second-order valence-electron chi connectivity index (χ2n) is 5.88. The maximum absolute atomic E-state index is 13.9. The van der Waals surface area contributed by atoms with Gasteiger partial charge in [0, 0.05) is 5.56 Å². The normalized spacial score (nSPS) is 10.9. The first kappa shape index (κ1) is 18.6. The van der Waals surface area contributed by atoms with Gasteiger partial charge in [-0.1, -0.05) is 23.7 Å². The first-order valence-electron chi connectivity index (χ1n) is 7.88. The average molecular weight is 352 g/mol. The van der Waals surface area contributed by atoms with E-state index in [9.17, 15) is 4.39 Å². The van der Waals surface area contributed by atoms with Crippen LogP contribution in [0.25, 0.3) is 0 Å². The third kappa shape index (κ3) is 5.11. The molecule has 0 N–H and O–H groups in total. The molecule has 0 heterocycles. The molecular weight excluding hydrogens is 329 g/mol. The van der Waals surface area contributed by atoms with E-state index in [0.717, 1.165) is 24.9 Å². The molecule has 0 aliphatic heterocycles. The predicted molar refractivity (Wildman–Crippen MR) is 95.6 cm³/mol. The van der Waals surface area contributed by atoms with Crippen LogP contribution in [0, 0.1) is 5.82 Å². The second-order valence-corrected chi connectivity index (χ2v) is 6.29. The summed E-state index contributed by atoms with van der Waals surface area (Å²) in [5, 5.41) is 0.358. The number of ether oxygens (including phenoxy) is 2. The molecule has 0 fully saturated rings. The van der Waals surface area contributed by atoms with Crippen LogP contribution in [0.5, 0.6) is 11.5 Å². The van der Waals surface area contributed by atoms with Crippen molar-refractivity contribution in [2.24, 2.45) is 0 Å². The Hall–Kier alpha value is -1.78. The fourth-order valence-electron chi connectivity index (χ4n) is 2.41. The van der Waals surface area contributed by atoms with Crippen LogP contribution in [0.1, 0.15) is 17.5 Å². The van der Waals surface area contributed by atoms with Crippen molar-refractivity contribution in [2.75, 3.05) is 27.7 Å². The van der Waals surface area contributed by atoms with Gasteiger partial charge in [0.05, 0.1) is 12.1 Å². The maximum atomic E-state index is 13.9. The summed E-state index contributed by atoms with van der Waals surface area (Å²) in [5.74, 6) is 0.849. The Morgan fingerprint density at radius 1 is 1.12 bits per heavy atom. The molecule has 0 spiro atoms. The lowest BCUT2D eigenvalue weighted by molar-refractivity contribution is 0.279. The number of halogens is 2. The Balaban J connectivity index is 2.10. The van der Waals surface area contributed by atoms with Gasteiger partial charge in [-0.3, -0.25) is 0 Å². The van der Waals surface area contributed by atoms with E-state index in [1.165, 1.54) is 6.07 Å². The standard InChI is InChI=1S/C19H23ClFNO2/c1-22(2)11-5-6-14-9-10-18(23-3)19(12-14)24-13-15-16(20)7-4-8-17(15)21/h4,7-10,12H,5-6,11,13H2,1-3H3. The summed E-state index contributed by atoms with van der Waals surface area (Å²) in [4.78, 5) is 2.15. The van der Waals surface area contributed by atoms with Crippen LogP contribution in [-0.2, 0) is 13.0 Å². The van der Waals surface area contributed by atoms with Crippen LogP contribution in [0.2, 0.25) is 5.02 Å². The van der Waals surface area contributed by atoms with Gasteiger partial charge in [-0.15, -0.1) is 0 Å². The minimum absolute atomic E-state index is 0.0585. The molecule has 0 saturated heterocycles. The van der Waals surface area contributed by atoms with Gasteiger partial charge in [0.2, 0.25) is 0 Å². The molecule has 0 saturated carbocycles. The Bertz CT molecular complexity index is 656. The van der Waals surface area contributed by atoms with Crippen molar-refractivity contribution in [1.29, 1.82) is 0 Å². The molecule has 0 amide bonds. The highest BCUT2D eigenvalue weighted by atomic mass is 35.5. The van der Waals surface area contributed by atoms with E-state index in [-0.39, 0.29) is 12.4 Å². The van der Waals surface area contributed by atoms with E-state index in [1.54, 1.807) is 19.2 Å². The molecule has 3 nitrogen and oxygen atoms in total. The van der Waals surface area contributed by atoms with Crippen LogP contribution in [0.15, 0.2) is 36.4 Å². The molecule has 2 aromatic carbocycles. The van der Waals surface area contributed by atoms with Crippen LogP contribution in [0.3, 0.4) is 0 Å². The maximum Gasteiger partial charge on any atom is 0.161 e. The van der Waals surface area contributed by atoms with Crippen LogP contribution in [0.4, 0.5) is 4.39 Å². The molecule has 5 heteroatoms. The molecular formula is C19H23ClFNO2. The number of hydrogen-bond donors (Lipinski definition) is 0. The van der Waals surface area contributed by atoms with Crippen molar-refractivity contribution in [2.45, 2.75) is 19.4 Å². The van der Waals surface area contributed by atoms with Crippen LogP contribution >= 0.6 is 11.6 Å². The number of nitrogens with zero attached hydrogens (tertiary/aromatic N) is 1. The number of methoxy groups -OCH3 is 1. The highest BCUT2D eigenvalue weighted by molar-refractivity contribution is 6.31. The fourth-order valence-corrected chi connectivity index (χ4v) is 2.63. The predicted octanol–water partition coefficient (Wildman–Crippen LogP) is 4.56. The lowest BCUT2D eigenvalue weighted by Gasteiger charge is -2.14. The van der Waals surface area contributed by atoms with Crippen molar-refractivity contribution in [3.8, 4) is 11.5 Å². The molecule has 24 heavy (non-hydrogen) atoms. The Morgan fingerprint density at radius 2 is 1.92 bits per heavy atom. The minimum atomic E-state index is -0.372. The van der Waals surface area contributed by atoms with Crippen molar-refractivity contribution in [3.05, 3.63) is 58.4 Å². The summed E-state index contributed by atoms with van der Waals surface area (Å²) in [5.41, 5.74) is 1.51. The van der Waals surface area contributed by atoms with Gasteiger partial charge >= 0.3 is 0 Å². The monoisotopic (exact) mass is 351 g/mol. The Labute approximate surface area is 147 Å². The molecule has 0 aliphatic rings. The largest absolute Gasteiger partial charge is 0.493 e. The van der Waals surface area contributed by atoms with Gasteiger partial charge in [0.15, 0.2) is 11.5 Å². The SMILES string of the molecule is COc1ccc(CCCN(C)C)cc1OCc1c(F)cccc1Cl. The Kier molecular flexibility index (Phi) is 6.88. The van der Waals surface area contributed by atoms with Crippen molar-refractivity contribution >= 4 is 11.6 Å². The smallest absolute Gasteiger partial charge is 0.161 e. The fraction of sp³-hybridized carbons (Fsp3) is 0.368. The van der Waals surface area contributed by atoms with E-state index in [4.69, 9.17) is 21.1 Å². The van der Waals surface area contributed by atoms with Gasteiger partial charge in [0.1, 0.15) is 12.4 Å². The van der Waals surface area contributed by atoms with Gasteiger partial charge in [-0.25, -0.2) is 4.39 Å². The molecule has 0 aliphatic carbocycles. The van der Waals surface area contributed by atoms with E-state index < -0.39 is 0 Å². The molecule has 0 atom stereocenters. The lowest BCUT2D eigenvalue weighted by Crippen LogP contribution is -2.13. The second kappa shape index (κ2) is 8.90. The third-order valence-electron chi connectivity index (χ3n) is 3.73. The summed E-state index contributed by atoms with van der Waals surface area (Å²) in [6.45, 7) is 1.08. The van der Waals surface area contributed by atoms with E-state index in [1.807, 2.05) is 18.2 Å². The molecule has 2 rings (SSSR count). The number of hydrogen-bond acceptors (Lipinski definition) is 3. The molecule has 0 bridgehead atoms. The molecule has 0 radical (unpaired) electrons.